The summed E-state index contributed by atoms with van der Waals surface area (Å²) in [4.78, 5) is 4.83. The highest BCUT2D eigenvalue weighted by Crippen LogP contribution is 2.51. The molecular formula is C65H48N2. The van der Waals surface area contributed by atoms with Crippen LogP contribution < -0.4 is 9.80 Å². The van der Waals surface area contributed by atoms with Crippen molar-refractivity contribution < 1.29 is 0 Å². The van der Waals surface area contributed by atoms with Gasteiger partial charge in [-0.2, -0.15) is 0 Å². The number of fused-ring (bicyclic) bond motifs is 5. The number of rotatable bonds is 9. The lowest BCUT2D eigenvalue weighted by Crippen LogP contribution is -2.16. The van der Waals surface area contributed by atoms with Gasteiger partial charge in [-0.15, -0.1) is 0 Å². The van der Waals surface area contributed by atoms with Gasteiger partial charge in [-0.05, 0) is 138 Å². The molecule has 318 valence electrons. The van der Waals surface area contributed by atoms with Crippen molar-refractivity contribution in [2.24, 2.45) is 0 Å². The Morgan fingerprint density at radius 2 is 0.791 bits per heavy atom. The number of hydrogen-bond acceptors (Lipinski definition) is 2. The van der Waals surface area contributed by atoms with Crippen LogP contribution in [0.25, 0.3) is 66.1 Å². The first-order valence-corrected chi connectivity index (χ1v) is 23.2. The molecule has 0 fully saturated rings. The lowest BCUT2D eigenvalue weighted by Gasteiger charge is -2.29. The van der Waals surface area contributed by atoms with Crippen LogP contribution in [0.1, 0.15) is 25.0 Å². The van der Waals surface area contributed by atoms with Gasteiger partial charge in [0.1, 0.15) is 0 Å². The second-order valence-electron chi connectivity index (χ2n) is 18.2. The molecule has 0 unspecified atom stereocenters. The summed E-state index contributed by atoms with van der Waals surface area (Å²) >= 11 is 0. The average molecular weight is 857 g/mol. The Morgan fingerprint density at radius 1 is 0.284 bits per heavy atom. The van der Waals surface area contributed by atoms with E-state index in [1.807, 2.05) is 0 Å². The van der Waals surface area contributed by atoms with Gasteiger partial charge in [-0.25, -0.2) is 0 Å². The van der Waals surface area contributed by atoms with E-state index in [1.54, 1.807) is 0 Å². The number of benzene rings is 11. The van der Waals surface area contributed by atoms with Gasteiger partial charge < -0.3 is 9.80 Å². The Bertz CT molecular complexity index is 3610. The molecule has 0 bridgehead atoms. The van der Waals surface area contributed by atoms with E-state index in [2.05, 4.69) is 278 Å². The first-order valence-electron chi connectivity index (χ1n) is 23.2. The van der Waals surface area contributed by atoms with Crippen molar-refractivity contribution in [3.05, 3.63) is 266 Å². The molecule has 0 N–H and O–H groups in total. The minimum absolute atomic E-state index is 0.0936. The summed E-state index contributed by atoms with van der Waals surface area (Å²) in [5.74, 6) is 0. The fourth-order valence-electron chi connectivity index (χ4n) is 10.5. The monoisotopic (exact) mass is 856 g/mol. The smallest absolute Gasteiger partial charge is 0.0546 e. The maximum atomic E-state index is 2.43. The van der Waals surface area contributed by atoms with Crippen LogP contribution in [0, 0.1) is 0 Å². The maximum Gasteiger partial charge on any atom is 0.0546 e. The van der Waals surface area contributed by atoms with Crippen LogP contribution >= 0.6 is 0 Å². The zero-order valence-electron chi connectivity index (χ0n) is 37.6. The molecule has 11 aromatic rings. The van der Waals surface area contributed by atoms with Gasteiger partial charge >= 0.3 is 0 Å². The van der Waals surface area contributed by atoms with E-state index < -0.39 is 0 Å². The first-order chi connectivity index (χ1) is 33.0. The van der Waals surface area contributed by atoms with Crippen molar-refractivity contribution in [1.82, 2.24) is 0 Å². The third-order valence-corrected chi connectivity index (χ3v) is 13.8. The Morgan fingerprint density at radius 3 is 1.52 bits per heavy atom. The summed E-state index contributed by atoms with van der Waals surface area (Å²) in [5.41, 5.74) is 19.1. The molecular weight excluding hydrogens is 809 g/mol. The van der Waals surface area contributed by atoms with E-state index in [-0.39, 0.29) is 5.41 Å². The van der Waals surface area contributed by atoms with Crippen LogP contribution in [-0.2, 0) is 5.41 Å². The molecule has 1 aliphatic rings. The van der Waals surface area contributed by atoms with E-state index in [0.717, 1.165) is 45.3 Å². The molecule has 2 heteroatoms. The number of hydrogen-bond donors (Lipinski definition) is 0. The van der Waals surface area contributed by atoms with E-state index in [1.165, 1.54) is 66.1 Å². The second-order valence-corrected chi connectivity index (χ2v) is 18.2. The standard InChI is InChI=1S/C65H48N2/c1-65(2)61-30-14-13-29-59(61)60-39-38-57(44-62(60)65)66(53-24-7-4-8-25-53)54-26-15-22-51(41-54)46-31-33-47(34-32-46)52-23-16-27-55(42-52)67(56-37-35-45-17-9-10-21-50(45)43-56)63-40-36-48-18-11-12-28-58(48)64(63)49-19-5-3-6-20-49/h3-44H,1-2H3. The average Bonchev–Trinajstić information content (AvgIpc) is 3.62. The minimum Gasteiger partial charge on any atom is -0.310 e. The van der Waals surface area contributed by atoms with E-state index in [9.17, 15) is 0 Å². The van der Waals surface area contributed by atoms with Gasteiger partial charge in [0, 0.05) is 39.4 Å². The summed E-state index contributed by atoms with van der Waals surface area (Å²) < 4.78 is 0. The molecule has 12 rings (SSSR count). The Balaban J connectivity index is 0.920. The van der Waals surface area contributed by atoms with E-state index >= 15 is 0 Å². The van der Waals surface area contributed by atoms with Crippen molar-refractivity contribution >= 4 is 55.7 Å². The SMILES string of the molecule is CC1(C)c2ccccc2-c2ccc(N(c3ccccc3)c3cccc(-c4ccc(-c5cccc(N(c6ccc7ccccc7c6)c6ccc7ccccc7c6-c6ccccc6)c5)cc4)c3)cc21. The highest BCUT2D eigenvalue weighted by Gasteiger charge is 2.35. The fraction of sp³-hybridized carbons (Fsp3) is 0.0462. The van der Waals surface area contributed by atoms with Gasteiger partial charge in [0.2, 0.25) is 0 Å². The van der Waals surface area contributed by atoms with Crippen LogP contribution in [0.2, 0.25) is 0 Å². The number of anilines is 6. The van der Waals surface area contributed by atoms with Crippen molar-refractivity contribution in [2.75, 3.05) is 9.80 Å². The third-order valence-electron chi connectivity index (χ3n) is 13.8. The second kappa shape index (κ2) is 16.5. The normalized spacial score (nSPS) is 12.4. The lowest BCUT2D eigenvalue weighted by molar-refractivity contribution is 0.660. The fourth-order valence-corrected chi connectivity index (χ4v) is 10.5. The Kier molecular flexibility index (Phi) is 9.88. The summed E-state index contributed by atoms with van der Waals surface area (Å²) in [5, 5.41) is 4.87. The Labute approximate surface area is 393 Å². The summed E-state index contributed by atoms with van der Waals surface area (Å²) in [6, 6.07) is 93.1. The molecule has 0 atom stereocenters. The van der Waals surface area contributed by atoms with E-state index in [0.29, 0.717) is 0 Å². The molecule has 0 spiro atoms. The highest BCUT2D eigenvalue weighted by molar-refractivity contribution is 6.06. The topological polar surface area (TPSA) is 6.48 Å². The molecule has 67 heavy (non-hydrogen) atoms. The maximum absolute atomic E-state index is 2.43. The molecule has 0 aliphatic heterocycles. The number of nitrogens with zero attached hydrogens (tertiary/aromatic N) is 2. The molecule has 11 aromatic carbocycles. The zero-order valence-corrected chi connectivity index (χ0v) is 37.6. The Hall–Kier alpha value is -8.46. The molecule has 0 saturated carbocycles. The van der Waals surface area contributed by atoms with Crippen molar-refractivity contribution in [2.45, 2.75) is 19.3 Å². The largest absolute Gasteiger partial charge is 0.310 e. The summed E-state index contributed by atoms with van der Waals surface area (Å²) in [6.07, 6.45) is 0. The van der Waals surface area contributed by atoms with Crippen molar-refractivity contribution in [3.63, 3.8) is 0 Å². The first kappa shape index (κ1) is 40.1. The minimum atomic E-state index is -0.0936. The molecule has 1 aliphatic carbocycles. The highest BCUT2D eigenvalue weighted by atomic mass is 15.1. The molecule has 0 amide bonds. The van der Waals surface area contributed by atoms with Crippen LogP contribution in [0.4, 0.5) is 34.1 Å². The van der Waals surface area contributed by atoms with Gasteiger partial charge in [-0.1, -0.05) is 202 Å². The van der Waals surface area contributed by atoms with Gasteiger partial charge in [-0.3, -0.25) is 0 Å². The van der Waals surface area contributed by atoms with Crippen LogP contribution in [0.5, 0.6) is 0 Å². The molecule has 2 nitrogen and oxygen atoms in total. The van der Waals surface area contributed by atoms with E-state index in [4.69, 9.17) is 0 Å². The summed E-state index contributed by atoms with van der Waals surface area (Å²) in [7, 11) is 0. The van der Waals surface area contributed by atoms with Gasteiger partial charge in [0.15, 0.2) is 0 Å². The quantitative estimate of drug-likeness (QED) is 0.143. The summed E-state index contributed by atoms with van der Waals surface area (Å²) in [6.45, 7) is 4.70. The predicted octanol–water partition coefficient (Wildman–Crippen LogP) is 18.2. The van der Waals surface area contributed by atoms with Crippen LogP contribution in [0.3, 0.4) is 0 Å². The third kappa shape index (κ3) is 7.15. The molecule has 0 heterocycles. The zero-order chi connectivity index (χ0) is 44.9. The predicted molar refractivity (Wildman–Crippen MR) is 285 cm³/mol. The van der Waals surface area contributed by atoms with Crippen LogP contribution in [-0.4, -0.2) is 0 Å². The lowest BCUT2D eigenvalue weighted by atomic mass is 9.82. The molecule has 0 aromatic heterocycles. The van der Waals surface area contributed by atoms with Gasteiger partial charge in [0.25, 0.3) is 0 Å². The van der Waals surface area contributed by atoms with Crippen LogP contribution in [0.15, 0.2) is 255 Å². The van der Waals surface area contributed by atoms with Crippen molar-refractivity contribution in [3.8, 4) is 44.5 Å². The van der Waals surface area contributed by atoms with Crippen molar-refractivity contribution in [1.29, 1.82) is 0 Å². The molecule has 0 radical (unpaired) electrons. The number of para-hydroxylation sites is 1. The van der Waals surface area contributed by atoms with Gasteiger partial charge in [0.05, 0.1) is 5.69 Å². The molecule has 0 saturated heterocycles.